The number of hydrogen-bond donors (Lipinski definition) is 1. The molecule has 132 valence electrons. The Morgan fingerprint density at radius 2 is 2.12 bits per heavy atom. The average molecular weight is 345 g/mol. The number of anilines is 1. The number of rotatable bonds is 5. The predicted octanol–water partition coefficient (Wildman–Crippen LogP) is 1.54. The Kier molecular flexibility index (Phi) is 4.55. The third-order valence-electron chi connectivity index (χ3n) is 3.92. The van der Waals surface area contributed by atoms with Crippen molar-refractivity contribution >= 4 is 11.9 Å². The lowest BCUT2D eigenvalue weighted by molar-refractivity contribution is -0.136. The van der Waals surface area contributed by atoms with Crippen LogP contribution >= 0.6 is 0 Å². The molecule has 2 heterocycles. The maximum Gasteiger partial charge on any atom is 0.338 e. The molecule has 9 nitrogen and oxygen atoms in total. The minimum atomic E-state index is -0.539. The number of carbonyl (C=O) groups is 1. The number of tetrazole rings is 1. The molecule has 1 atom stereocenters. The third kappa shape index (κ3) is 2.88. The van der Waals surface area contributed by atoms with Gasteiger partial charge < -0.3 is 19.5 Å². The Bertz CT molecular complexity index is 830. The number of carbonyl (C=O) groups excluding carboxylic acids is 1. The fourth-order valence-electron chi connectivity index (χ4n) is 2.82. The number of ether oxygens (including phenoxy) is 3. The molecule has 25 heavy (non-hydrogen) atoms. The first-order valence-electron chi connectivity index (χ1n) is 7.75. The topological polar surface area (TPSA) is 100 Å². The molecular formula is C16H19N5O4. The molecule has 0 radical (unpaired) electrons. The van der Waals surface area contributed by atoms with Crippen LogP contribution in [0.15, 0.2) is 29.5 Å². The van der Waals surface area contributed by atoms with Crippen LogP contribution in [0.5, 0.6) is 11.5 Å². The minimum absolute atomic E-state index is 0.425. The summed E-state index contributed by atoms with van der Waals surface area (Å²) in [5.41, 5.74) is 1.83. The highest BCUT2D eigenvalue weighted by molar-refractivity contribution is 5.92. The van der Waals surface area contributed by atoms with Gasteiger partial charge in [-0.25, -0.2) is 4.79 Å². The first kappa shape index (κ1) is 16.7. The van der Waals surface area contributed by atoms with Gasteiger partial charge in [-0.3, -0.25) is 0 Å². The highest BCUT2D eigenvalue weighted by Gasteiger charge is 2.35. The van der Waals surface area contributed by atoms with E-state index in [4.69, 9.17) is 14.2 Å². The molecule has 0 saturated carbocycles. The van der Waals surface area contributed by atoms with Gasteiger partial charge in [-0.05, 0) is 42.0 Å². The average Bonchev–Trinajstić information content (AvgIpc) is 3.08. The molecule has 2 aromatic rings. The molecular weight excluding hydrogens is 326 g/mol. The summed E-state index contributed by atoms with van der Waals surface area (Å²) < 4.78 is 17.5. The first-order chi connectivity index (χ1) is 12.1. The van der Waals surface area contributed by atoms with Gasteiger partial charge in [0.25, 0.3) is 0 Å². The first-order valence-corrected chi connectivity index (χ1v) is 7.75. The zero-order valence-corrected chi connectivity index (χ0v) is 14.4. The van der Waals surface area contributed by atoms with Crippen LogP contribution in [-0.4, -0.2) is 47.0 Å². The van der Waals surface area contributed by atoms with Crippen LogP contribution in [0.2, 0.25) is 0 Å². The van der Waals surface area contributed by atoms with Crippen LogP contribution in [-0.2, 0) is 9.53 Å². The van der Waals surface area contributed by atoms with Crippen molar-refractivity contribution in [2.45, 2.75) is 19.9 Å². The Morgan fingerprint density at radius 1 is 1.32 bits per heavy atom. The molecule has 1 aromatic carbocycles. The number of esters is 1. The lowest BCUT2D eigenvalue weighted by atomic mass is 9.95. The van der Waals surface area contributed by atoms with E-state index in [9.17, 15) is 4.79 Å². The van der Waals surface area contributed by atoms with Gasteiger partial charge in [0, 0.05) is 5.70 Å². The van der Waals surface area contributed by atoms with E-state index in [1.54, 1.807) is 20.1 Å². The monoisotopic (exact) mass is 345 g/mol. The number of aromatic nitrogens is 4. The molecule has 0 amide bonds. The van der Waals surface area contributed by atoms with Gasteiger partial charge in [0.05, 0.1) is 26.4 Å². The summed E-state index contributed by atoms with van der Waals surface area (Å²) in [6.45, 7) is 4.20. The van der Waals surface area contributed by atoms with Crippen molar-refractivity contribution in [2.75, 3.05) is 26.1 Å². The molecule has 0 saturated heterocycles. The number of nitrogens with zero attached hydrogens (tertiary/aromatic N) is 4. The Morgan fingerprint density at radius 3 is 2.80 bits per heavy atom. The van der Waals surface area contributed by atoms with Gasteiger partial charge in [-0.15, -0.1) is 0 Å². The highest BCUT2D eigenvalue weighted by Crippen LogP contribution is 2.38. The summed E-state index contributed by atoms with van der Waals surface area (Å²) >= 11 is 0. The minimum Gasteiger partial charge on any atom is -0.493 e. The lowest BCUT2D eigenvalue weighted by Crippen LogP contribution is -2.29. The fourth-order valence-corrected chi connectivity index (χ4v) is 2.82. The van der Waals surface area contributed by atoms with Crippen molar-refractivity contribution in [3.05, 3.63) is 35.0 Å². The van der Waals surface area contributed by atoms with Crippen molar-refractivity contribution < 1.29 is 19.0 Å². The van der Waals surface area contributed by atoms with Gasteiger partial charge in [0.15, 0.2) is 11.5 Å². The molecule has 0 spiro atoms. The van der Waals surface area contributed by atoms with Crippen LogP contribution in [0.1, 0.15) is 25.5 Å². The van der Waals surface area contributed by atoms with Crippen molar-refractivity contribution in [1.82, 2.24) is 20.2 Å². The quantitative estimate of drug-likeness (QED) is 0.815. The van der Waals surface area contributed by atoms with Gasteiger partial charge in [-0.2, -0.15) is 4.68 Å². The maximum atomic E-state index is 12.4. The summed E-state index contributed by atoms with van der Waals surface area (Å²) in [7, 11) is 2.91. The second-order valence-corrected chi connectivity index (χ2v) is 5.35. The van der Waals surface area contributed by atoms with E-state index < -0.39 is 12.0 Å². The molecule has 0 aliphatic carbocycles. The van der Waals surface area contributed by atoms with E-state index in [1.165, 1.54) is 11.8 Å². The molecule has 1 aliphatic heterocycles. The number of hydrogen-bond acceptors (Lipinski definition) is 8. The van der Waals surface area contributed by atoms with Crippen LogP contribution in [0.25, 0.3) is 0 Å². The van der Waals surface area contributed by atoms with Crippen LogP contribution in [0.3, 0.4) is 0 Å². The predicted molar refractivity (Wildman–Crippen MR) is 88.5 cm³/mol. The van der Waals surface area contributed by atoms with E-state index in [0.717, 1.165) is 5.56 Å². The SMILES string of the molecule is CCOc1ccc([C@H]2C(C(=O)OC)=C(C)Nc3nnnn32)cc1OC. The highest BCUT2D eigenvalue weighted by atomic mass is 16.5. The summed E-state index contributed by atoms with van der Waals surface area (Å²) in [5, 5.41) is 14.7. The molecule has 0 fully saturated rings. The van der Waals surface area contributed by atoms with E-state index in [1.807, 2.05) is 19.1 Å². The Hall–Kier alpha value is -3.10. The van der Waals surface area contributed by atoms with Crippen LogP contribution in [0, 0.1) is 0 Å². The van der Waals surface area contributed by atoms with Crippen LogP contribution in [0.4, 0.5) is 5.95 Å². The van der Waals surface area contributed by atoms with Gasteiger partial charge >= 0.3 is 5.97 Å². The van der Waals surface area contributed by atoms with Crippen molar-refractivity contribution in [2.24, 2.45) is 0 Å². The number of fused-ring (bicyclic) bond motifs is 1. The largest absolute Gasteiger partial charge is 0.493 e. The zero-order valence-electron chi connectivity index (χ0n) is 14.4. The number of nitrogens with one attached hydrogen (secondary N) is 1. The molecule has 0 bridgehead atoms. The Labute approximate surface area is 144 Å². The fraction of sp³-hybridized carbons (Fsp3) is 0.375. The number of allylic oxidation sites excluding steroid dienone is 1. The number of benzene rings is 1. The van der Waals surface area contributed by atoms with Crippen molar-refractivity contribution in [3.63, 3.8) is 0 Å². The standard InChI is InChI=1S/C16H19N5O4/c1-5-25-11-7-6-10(8-12(11)23-3)14-13(15(22)24-4)9(2)17-16-18-19-20-21(14)16/h6-8,14H,5H2,1-4H3,(H,17,18,20)/t14-/m0/s1. The number of methoxy groups -OCH3 is 2. The van der Waals surface area contributed by atoms with Crippen molar-refractivity contribution in [3.8, 4) is 11.5 Å². The van der Waals surface area contributed by atoms with E-state index in [0.29, 0.717) is 35.3 Å². The van der Waals surface area contributed by atoms with Crippen molar-refractivity contribution in [1.29, 1.82) is 0 Å². The molecule has 1 N–H and O–H groups in total. The second-order valence-electron chi connectivity index (χ2n) is 5.35. The molecule has 0 unspecified atom stereocenters. The molecule has 1 aromatic heterocycles. The zero-order chi connectivity index (χ0) is 18.0. The summed E-state index contributed by atoms with van der Waals surface area (Å²) in [6.07, 6.45) is 0. The van der Waals surface area contributed by atoms with E-state index in [2.05, 4.69) is 20.8 Å². The van der Waals surface area contributed by atoms with E-state index in [-0.39, 0.29) is 0 Å². The second kappa shape index (κ2) is 6.80. The van der Waals surface area contributed by atoms with Gasteiger partial charge in [-0.1, -0.05) is 11.2 Å². The van der Waals surface area contributed by atoms with Gasteiger partial charge in [0.1, 0.15) is 6.04 Å². The Balaban J connectivity index is 2.14. The molecule has 9 heteroatoms. The third-order valence-corrected chi connectivity index (χ3v) is 3.92. The smallest absolute Gasteiger partial charge is 0.338 e. The summed E-state index contributed by atoms with van der Waals surface area (Å²) in [6, 6.07) is 4.92. The summed E-state index contributed by atoms with van der Waals surface area (Å²) in [5.74, 6) is 1.18. The summed E-state index contributed by atoms with van der Waals surface area (Å²) in [4.78, 5) is 12.4. The molecule has 3 rings (SSSR count). The lowest BCUT2D eigenvalue weighted by Gasteiger charge is -2.27. The maximum absolute atomic E-state index is 12.4. The normalized spacial score (nSPS) is 16.1. The van der Waals surface area contributed by atoms with E-state index >= 15 is 0 Å². The van der Waals surface area contributed by atoms with Gasteiger partial charge in [0.2, 0.25) is 5.95 Å². The van der Waals surface area contributed by atoms with Crippen LogP contribution < -0.4 is 14.8 Å². The molecule has 1 aliphatic rings.